The number of imidazole rings is 1. The molecular formula is C20H27N3O. The number of aromatic nitrogens is 2. The molecule has 0 atom stereocenters. The van der Waals surface area contributed by atoms with Gasteiger partial charge >= 0.3 is 0 Å². The van der Waals surface area contributed by atoms with E-state index >= 15 is 0 Å². The van der Waals surface area contributed by atoms with Gasteiger partial charge < -0.3 is 9.47 Å². The summed E-state index contributed by atoms with van der Waals surface area (Å²) in [6.07, 6.45) is 7.10. The van der Waals surface area contributed by atoms with Gasteiger partial charge in [0.05, 0.1) is 6.54 Å². The first kappa shape index (κ1) is 16.7. The summed E-state index contributed by atoms with van der Waals surface area (Å²) in [5, 5.41) is 0. The van der Waals surface area contributed by atoms with Crippen molar-refractivity contribution in [3.63, 3.8) is 0 Å². The Balaban J connectivity index is 1.73. The van der Waals surface area contributed by atoms with E-state index in [0.29, 0.717) is 12.5 Å². The van der Waals surface area contributed by atoms with Gasteiger partial charge in [-0.3, -0.25) is 4.79 Å². The Labute approximate surface area is 144 Å². The van der Waals surface area contributed by atoms with Crippen LogP contribution in [-0.4, -0.2) is 26.4 Å². The van der Waals surface area contributed by atoms with E-state index in [1.165, 1.54) is 17.5 Å². The lowest BCUT2D eigenvalue weighted by Gasteiger charge is -2.34. The molecule has 4 nitrogen and oxygen atoms in total. The molecule has 1 aliphatic rings. The van der Waals surface area contributed by atoms with Crippen LogP contribution >= 0.6 is 0 Å². The molecule has 0 aliphatic heterocycles. The zero-order valence-electron chi connectivity index (χ0n) is 14.9. The van der Waals surface area contributed by atoms with Crippen molar-refractivity contribution in [1.82, 2.24) is 14.5 Å². The van der Waals surface area contributed by atoms with Gasteiger partial charge in [-0.25, -0.2) is 4.98 Å². The fraction of sp³-hybridized carbons (Fsp3) is 0.500. The highest BCUT2D eigenvalue weighted by Crippen LogP contribution is 2.29. The molecule has 0 N–H and O–H groups in total. The monoisotopic (exact) mass is 325 g/mol. The molecule has 4 heteroatoms. The number of rotatable bonds is 6. The topological polar surface area (TPSA) is 38.1 Å². The highest BCUT2D eigenvalue weighted by Gasteiger charge is 2.31. The van der Waals surface area contributed by atoms with Gasteiger partial charge in [0.2, 0.25) is 5.91 Å². The zero-order chi connectivity index (χ0) is 17.1. The molecule has 1 aliphatic carbocycles. The number of amides is 1. The molecule has 0 spiro atoms. The van der Waals surface area contributed by atoms with Crippen LogP contribution in [0.15, 0.2) is 36.7 Å². The number of hydrogen-bond donors (Lipinski definition) is 0. The standard InChI is InChI=1S/C20H27N3O/c1-15(2)23(20(24)18-5-4-6-18)14-19-21-11-12-22(19)13-17-9-7-16(3)8-10-17/h7-12,15,18H,4-6,13-14H2,1-3H3. The maximum Gasteiger partial charge on any atom is 0.226 e. The predicted molar refractivity (Wildman–Crippen MR) is 95.5 cm³/mol. The van der Waals surface area contributed by atoms with Gasteiger partial charge in [0.15, 0.2) is 0 Å². The van der Waals surface area contributed by atoms with Crippen LogP contribution in [0.25, 0.3) is 0 Å². The number of hydrogen-bond acceptors (Lipinski definition) is 2. The molecule has 2 aromatic rings. The predicted octanol–water partition coefficient (Wildman–Crippen LogP) is 3.78. The number of aryl methyl sites for hydroxylation is 1. The molecule has 24 heavy (non-hydrogen) atoms. The van der Waals surface area contributed by atoms with Gasteiger partial charge in [-0.05, 0) is 39.2 Å². The number of carbonyl (C=O) groups is 1. The number of carbonyl (C=O) groups excluding carboxylic acids is 1. The van der Waals surface area contributed by atoms with E-state index in [1.54, 1.807) is 0 Å². The Kier molecular flexibility index (Phi) is 5.03. The molecule has 1 aromatic carbocycles. The minimum absolute atomic E-state index is 0.197. The largest absolute Gasteiger partial charge is 0.333 e. The molecule has 3 rings (SSSR count). The second-order valence-electron chi connectivity index (χ2n) is 7.14. The van der Waals surface area contributed by atoms with Gasteiger partial charge in [-0.15, -0.1) is 0 Å². The van der Waals surface area contributed by atoms with Gasteiger partial charge in [0.25, 0.3) is 0 Å². The molecule has 0 bridgehead atoms. The van der Waals surface area contributed by atoms with Crippen LogP contribution in [0.3, 0.4) is 0 Å². The Morgan fingerprint density at radius 1 is 1.29 bits per heavy atom. The highest BCUT2D eigenvalue weighted by atomic mass is 16.2. The first-order valence-corrected chi connectivity index (χ1v) is 8.90. The molecule has 1 aromatic heterocycles. The van der Waals surface area contributed by atoms with Gasteiger partial charge in [-0.1, -0.05) is 36.2 Å². The average molecular weight is 325 g/mol. The van der Waals surface area contributed by atoms with Crippen molar-refractivity contribution in [2.24, 2.45) is 5.92 Å². The first-order chi connectivity index (χ1) is 11.5. The van der Waals surface area contributed by atoms with Crippen molar-refractivity contribution in [1.29, 1.82) is 0 Å². The first-order valence-electron chi connectivity index (χ1n) is 8.90. The third kappa shape index (κ3) is 3.69. The summed E-state index contributed by atoms with van der Waals surface area (Å²) in [4.78, 5) is 19.2. The Bertz CT molecular complexity index is 683. The maximum absolute atomic E-state index is 12.7. The van der Waals surface area contributed by atoms with Gasteiger partial charge in [-0.2, -0.15) is 0 Å². The molecule has 1 saturated carbocycles. The van der Waals surface area contributed by atoms with Crippen LogP contribution in [0.4, 0.5) is 0 Å². The lowest BCUT2D eigenvalue weighted by atomic mass is 9.84. The second kappa shape index (κ2) is 7.20. The van der Waals surface area contributed by atoms with E-state index in [4.69, 9.17) is 0 Å². The molecule has 128 valence electrons. The summed E-state index contributed by atoms with van der Waals surface area (Å²) < 4.78 is 2.15. The quantitative estimate of drug-likeness (QED) is 0.811. The molecule has 1 heterocycles. The van der Waals surface area contributed by atoms with Crippen molar-refractivity contribution in [3.8, 4) is 0 Å². The summed E-state index contributed by atoms with van der Waals surface area (Å²) in [6.45, 7) is 7.65. The third-order valence-electron chi connectivity index (χ3n) is 4.95. The number of benzene rings is 1. The van der Waals surface area contributed by atoms with Crippen LogP contribution in [0.1, 0.15) is 50.1 Å². The number of nitrogens with zero attached hydrogens (tertiary/aromatic N) is 3. The summed E-state index contributed by atoms with van der Waals surface area (Å²) in [7, 11) is 0. The molecule has 1 amide bonds. The molecular weight excluding hydrogens is 298 g/mol. The molecule has 0 radical (unpaired) electrons. The van der Waals surface area contributed by atoms with Gasteiger partial charge in [0, 0.05) is 30.9 Å². The zero-order valence-corrected chi connectivity index (χ0v) is 14.9. The second-order valence-corrected chi connectivity index (χ2v) is 7.14. The Morgan fingerprint density at radius 2 is 2.00 bits per heavy atom. The Hall–Kier alpha value is -2.10. The highest BCUT2D eigenvalue weighted by molar-refractivity contribution is 5.79. The third-order valence-corrected chi connectivity index (χ3v) is 4.95. The van der Waals surface area contributed by atoms with Crippen LogP contribution in [0.2, 0.25) is 0 Å². The van der Waals surface area contributed by atoms with Gasteiger partial charge in [0.1, 0.15) is 5.82 Å². The van der Waals surface area contributed by atoms with Crippen molar-refractivity contribution >= 4 is 5.91 Å². The smallest absolute Gasteiger partial charge is 0.226 e. The molecule has 1 fully saturated rings. The van der Waals surface area contributed by atoms with Crippen molar-refractivity contribution in [2.75, 3.05) is 0 Å². The maximum atomic E-state index is 12.7. The van der Waals surface area contributed by atoms with Crippen LogP contribution in [0, 0.1) is 12.8 Å². The lowest BCUT2D eigenvalue weighted by Crippen LogP contribution is -2.43. The lowest BCUT2D eigenvalue weighted by molar-refractivity contribution is -0.140. The van der Waals surface area contributed by atoms with Crippen LogP contribution in [-0.2, 0) is 17.9 Å². The fourth-order valence-electron chi connectivity index (χ4n) is 3.08. The van der Waals surface area contributed by atoms with E-state index in [9.17, 15) is 4.79 Å². The van der Waals surface area contributed by atoms with E-state index in [-0.39, 0.29) is 12.0 Å². The van der Waals surface area contributed by atoms with Crippen LogP contribution in [0.5, 0.6) is 0 Å². The van der Waals surface area contributed by atoms with Crippen molar-refractivity contribution in [3.05, 3.63) is 53.6 Å². The van der Waals surface area contributed by atoms with E-state index < -0.39 is 0 Å². The summed E-state index contributed by atoms with van der Waals surface area (Å²) in [5.41, 5.74) is 2.52. The molecule has 0 saturated heterocycles. The van der Waals surface area contributed by atoms with Crippen molar-refractivity contribution in [2.45, 2.75) is 59.2 Å². The summed E-state index contributed by atoms with van der Waals surface area (Å²) in [6, 6.07) is 8.76. The minimum Gasteiger partial charge on any atom is -0.333 e. The SMILES string of the molecule is Cc1ccc(Cn2ccnc2CN(C(=O)C2CCC2)C(C)C)cc1. The summed E-state index contributed by atoms with van der Waals surface area (Å²) in [5.74, 6) is 1.48. The minimum atomic E-state index is 0.197. The normalized spacial score (nSPS) is 14.7. The van der Waals surface area contributed by atoms with E-state index in [0.717, 1.165) is 25.2 Å². The Morgan fingerprint density at radius 3 is 2.58 bits per heavy atom. The summed E-state index contributed by atoms with van der Waals surface area (Å²) >= 11 is 0. The van der Waals surface area contributed by atoms with E-state index in [1.807, 2.05) is 17.3 Å². The van der Waals surface area contributed by atoms with Crippen molar-refractivity contribution < 1.29 is 4.79 Å². The fourth-order valence-corrected chi connectivity index (χ4v) is 3.08. The van der Waals surface area contributed by atoms with E-state index in [2.05, 4.69) is 54.6 Å². The van der Waals surface area contributed by atoms with Crippen LogP contribution < -0.4 is 0 Å². The molecule has 0 unspecified atom stereocenters. The average Bonchev–Trinajstić information content (AvgIpc) is 2.92.